The van der Waals surface area contributed by atoms with Gasteiger partial charge in [0, 0.05) is 11.4 Å². The molecule has 0 aromatic heterocycles. The van der Waals surface area contributed by atoms with Crippen molar-refractivity contribution in [3.8, 4) is 0 Å². The van der Waals surface area contributed by atoms with Crippen LogP contribution in [0.2, 0.25) is 0 Å². The molecule has 1 nitrogen and oxygen atoms in total. The Hall–Kier alpha value is -1.46. The summed E-state index contributed by atoms with van der Waals surface area (Å²) in [7, 11) is 2.70. The second kappa shape index (κ2) is 14.6. The van der Waals surface area contributed by atoms with Crippen LogP contribution in [-0.2, 0) is 0 Å². The summed E-state index contributed by atoms with van der Waals surface area (Å²) in [5.41, 5.74) is 6.44. The van der Waals surface area contributed by atoms with Crippen molar-refractivity contribution in [1.29, 1.82) is 0 Å². The van der Waals surface area contributed by atoms with Crippen molar-refractivity contribution in [2.24, 2.45) is 16.8 Å². The van der Waals surface area contributed by atoms with Crippen LogP contribution in [0.4, 0.5) is 0 Å². The molecule has 27 heavy (non-hydrogen) atoms. The molecule has 0 fully saturated rings. The average Bonchev–Trinajstić information content (AvgIpc) is 2.61. The average molecular weight is 386 g/mol. The molecule has 0 bridgehead atoms. The van der Waals surface area contributed by atoms with Crippen molar-refractivity contribution in [1.82, 2.24) is 0 Å². The van der Waals surface area contributed by atoms with Crippen LogP contribution >= 0.6 is 9.24 Å². The first-order chi connectivity index (χ1) is 12.8. The second-order valence-electron chi connectivity index (χ2n) is 7.36. The van der Waals surface area contributed by atoms with Gasteiger partial charge in [-0.05, 0) is 64.0 Å². The van der Waals surface area contributed by atoms with Crippen molar-refractivity contribution in [2.45, 2.75) is 60.8 Å². The molecular formula is C25H40NP. The molecule has 0 N–H and O–H groups in total. The van der Waals surface area contributed by atoms with Gasteiger partial charge >= 0.3 is 0 Å². The summed E-state index contributed by atoms with van der Waals surface area (Å²) in [5, 5.41) is 0. The summed E-state index contributed by atoms with van der Waals surface area (Å²) in [6.07, 6.45) is 15.7. The first kappa shape index (κ1) is 25.5. The Morgan fingerprint density at radius 2 is 1.81 bits per heavy atom. The third kappa shape index (κ3) is 9.87. The van der Waals surface area contributed by atoms with Crippen LogP contribution in [0.1, 0.15) is 60.8 Å². The van der Waals surface area contributed by atoms with E-state index in [1.807, 2.05) is 19.1 Å². The summed E-state index contributed by atoms with van der Waals surface area (Å²) in [6.45, 7) is 21.7. The summed E-state index contributed by atoms with van der Waals surface area (Å²) >= 11 is 0. The van der Waals surface area contributed by atoms with Crippen molar-refractivity contribution in [3.63, 3.8) is 0 Å². The molecule has 0 amide bonds. The molecule has 0 aliphatic rings. The Bertz CT molecular complexity index is 623. The molecule has 2 heteroatoms. The van der Waals surface area contributed by atoms with Gasteiger partial charge in [-0.1, -0.05) is 77.3 Å². The molecule has 0 saturated carbocycles. The zero-order chi connectivity index (χ0) is 20.8. The minimum absolute atomic E-state index is 0.375. The predicted molar refractivity (Wildman–Crippen MR) is 130 cm³/mol. The lowest BCUT2D eigenvalue weighted by molar-refractivity contribution is 0.552. The molecule has 0 radical (unpaired) electrons. The molecule has 0 aliphatic heterocycles. The molecule has 0 aromatic rings. The van der Waals surface area contributed by atoms with Gasteiger partial charge in [0.2, 0.25) is 0 Å². The van der Waals surface area contributed by atoms with E-state index in [0.717, 1.165) is 18.3 Å². The zero-order valence-corrected chi connectivity index (χ0v) is 19.5. The standard InChI is InChI=1S/C25H40NP/c1-9-13-22(14-10-2)25(18-26-21(8)27)24(17-16-19(5)6)23(15-11-3)20(7)12-4/h9-14,19,23H,1,3,15-18,27H2,2,4-8H3/b14-10-,20-12-,22-13+,25-24-,26-21?. The van der Waals surface area contributed by atoms with E-state index in [0.29, 0.717) is 18.4 Å². The van der Waals surface area contributed by atoms with E-state index in [1.54, 1.807) is 0 Å². The Morgan fingerprint density at radius 1 is 1.15 bits per heavy atom. The van der Waals surface area contributed by atoms with Crippen LogP contribution < -0.4 is 0 Å². The summed E-state index contributed by atoms with van der Waals surface area (Å²) in [6, 6.07) is 0. The maximum absolute atomic E-state index is 4.75. The predicted octanol–water partition coefficient (Wildman–Crippen LogP) is 7.86. The van der Waals surface area contributed by atoms with Crippen molar-refractivity contribution in [2.75, 3.05) is 6.54 Å². The van der Waals surface area contributed by atoms with Crippen LogP contribution in [-0.4, -0.2) is 12.0 Å². The van der Waals surface area contributed by atoms with E-state index >= 15 is 0 Å². The highest BCUT2D eigenvalue weighted by Gasteiger charge is 2.20. The molecule has 0 heterocycles. The van der Waals surface area contributed by atoms with Gasteiger partial charge in [0.05, 0.1) is 6.54 Å². The Kier molecular flexibility index (Phi) is 13.8. The third-order valence-electron chi connectivity index (χ3n) is 4.69. The van der Waals surface area contributed by atoms with Crippen molar-refractivity contribution < 1.29 is 0 Å². The van der Waals surface area contributed by atoms with Gasteiger partial charge in [0.25, 0.3) is 0 Å². The van der Waals surface area contributed by atoms with Gasteiger partial charge in [0.1, 0.15) is 0 Å². The van der Waals surface area contributed by atoms with E-state index in [4.69, 9.17) is 4.99 Å². The van der Waals surface area contributed by atoms with Gasteiger partial charge in [0.15, 0.2) is 0 Å². The molecule has 0 saturated heterocycles. The molecule has 0 aromatic carbocycles. The fourth-order valence-electron chi connectivity index (χ4n) is 3.10. The highest BCUT2D eigenvalue weighted by atomic mass is 31.0. The zero-order valence-electron chi connectivity index (χ0n) is 18.4. The monoisotopic (exact) mass is 385 g/mol. The second-order valence-corrected chi connectivity index (χ2v) is 8.20. The summed E-state index contributed by atoms with van der Waals surface area (Å²) in [5.74, 6) is 1.04. The number of allylic oxidation sites excluding steroid dienone is 8. The fraction of sp³-hybridized carbons (Fsp3) is 0.480. The lowest BCUT2D eigenvalue weighted by Gasteiger charge is -2.26. The SMILES string of the molecule is C=C/C=C(\C=C/C)C(/CN=C(C)P)=C(/CCC(C)C)C(CC=C)/C(C)=C\C. The topological polar surface area (TPSA) is 12.4 Å². The van der Waals surface area contributed by atoms with E-state index in [-0.39, 0.29) is 0 Å². The van der Waals surface area contributed by atoms with Gasteiger partial charge in [-0.2, -0.15) is 0 Å². The number of nitrogens with zero attached hydrogens (tertiary/aromatic N) is 1. The molecule has 150 valence electrons. The van der Waals surface area contributed by atoms with E-state index in [9.17, 15) is 0 Å². The van der Waals surface area contributed by atoms with Gasteiger partial charge in [-0.25, -0.2) is 0 Å². The van der Waals surface area contributed by atoms with Crippen LogP contribution in [0.15, 0.2) is 76.9 Å². The van der Waals surface area contributed by atoms with Crippen LogP contribution in [0, 0.1) is 11.8 Å². The molecule has 0 rings (SSSR count). The highest BCUT2D eigenvalue weighted by molar-refractivity contribution is 7.40. The highest BCUT2D eigenvalue weighted by Crippen LogP contribution is 2.34. The lowest BCUT2D eigenvalue weighted by Crippen LogP contribution is -2.12. The van der Waals surface area contributed by atoms with E-state index in [2.05, 4.69) is 81.3 Å². The molecule has 2 atom stereocenters. The third-order valence-corrected chi connectivity index (χ3v) is 4.87. The van der Waals surface area contributed by atoms with E-state index in [1.165, 1.54) is 28.7 Å². The lowest BCUT2D eigenvalue weighted by atomic mass is 9.80. The number of hydrogen-bond acceptors (Lipinski definition) is 1. The molecular weight excluding hydrogens is 345 g/mol. The quantitative estimate of drug-likeness (QED) is 0.140. The molecule has 0 spiro atoms. The fourth-order valence-corrected chi connectivity index (χ4v) is 3.19. The number of hydrogen-bond donors (Lipinski definition) is 0. The van der Waals surface area contributed by atoms with Crippen molar-refractivity contribution >= 4 is 14.7 Å². The Labute approximate surface area is 171 Å². The van der Waals surface area contributed by atoms with Gasteiger partial charge in [-0.3, -0.25) is 4.99 Å². The number of aliphatic imine (C=N–C) groups is 1. The first-order valence-electron chi connectivity index (χ1n) is 10.00. The smallest absolute Gasteiger partial charge is 0.0648 e. The maximum Gasteiger partial charge on any atom is 0.0648 e. The molecule has 2 unspecified atom stereocenters. The summed E-state index contributed by atoms with van der Waals surface area (Å²) in [4.78, 5) is 4.75. The van der Waals surface area contributed by atoms with Gasteiger partial charge < -0.3 is 0 Å². The summed E-state index contributed by atoms with van der Waals surface area (Å²) < 4.78 is 0. The van der Waals surface area contributed by atoms with E-state index < -0.39 is 0 Å². The van der Waals surface area contributed by atoms with Gasteiger partial charge in [-0.15, -0.1) is 6.58 Å². The van der Waals surface area contributed by atoms with Crippen molar-refractivity contribution in [3.05, 3.63) is 71.9 Å². The minimum Gasteiger partial charge on any atom is -0.285 e. The van der Waals surface area contributed by atoms with Crippen LogP contribution in [0.5, 0.6) is 0 Å². The Morgan fingerprint density at radius 3 is 2.26 bits per heavy atom. The Balaban J connectivity index is 6.69. The first-order valence-corrected chi connectivity index (χ1v) is 10.6. The van der Waals surface area contributed by atoms with Crippen LogP contribution in [0.3, 0.4) is 0 Å². The van der Waals surface area contributed by atoms with Crippen LogP contribution in [0.25, 0.3) is 0 Å². The minimum atomic E-state index is 0.375. The maximum atomic E-state index is 4.75. The largest absolute Gasteiger partial charge is 0.285 e. The molecule has 0 aliphatic carbocycles. The normalized spacial score (nSPS) is 15.9. The number of rotatable bonds is 12.